The highest BCUT2D eigenvalue weighted by Crippen LogP contribution is 2.42. The average Bonchev–Trinajstić information content (AvgIpc) is 2.67. The van der Waals surface area contributed by atoms with Crippen molar-refractivity contribution in [3.05, 3.63) is 29.8 Å². The van der Waals surface area contributed by atoms with Gasteiger partial charge in [-0.05, 0) is 64.7 Å². The molecule has 0 unspecified atom stereocenters. The van der Waals surface area contributed by atoms with Gasteiger partial charge in [-0.1, -0.05) is 18.6 Å². The molecule has 2 N–H and O–H groups in total. The summed E-state index contributed by atoms with van der Waals surface area (Å²) in [6, 6.07) is 5.65. The van der Waals surface area contributed by atoms with Crippen LogP contribution in [-0.2, 0) is 25.7 Å². The fourth-order valence-electron chi connectivity index (χ4n) is 3.31. The second-order valence-electron chi connectivity index (χ2n) is 8.23. The van der Waals surface area contributed by atoms with E-state index in [1.165, 1.54) is 0 Å². The molecule has 1 saturated carbocycles. The number of nitrogens with one attached hydrogen (secondary N) is 2. The van der Waals surface area contributed by atoms with Crippen LogP contribution in [0.5, 0.6) is 5.75 Å². The van der Waals surface area contributed by atoms with Crippen LogP contribution in [-0.4, -0.2) is 46.5 Å². The largest absolute Gasteiger partial charge is 0.492 e. The smallest absolute Gasteiger partial charge is 0.214 e. The maximum atomic E-state index is 16.0. The van der Waals surface area contributed by atoms with Crippen LogP contribution < -0.4 is 14.2 Å². The lowest BCUT2D eigenvalue weighted by Gasteiger charge is -2.38. The summed E-state index contributed by atoms with van der Waals surface area (Å²) >= 11 is 0. The summed E-state index contributed by atoms with van der Waals surface area (Å²) < 4.78 is 74.5. The molecule has 1 aromatic carbocycles. The SMILES string of the molecule is CC(C)S(=O)(=O)NCCOc1ccc([C@]2(F)CCCC[C@@H]2NS(=O)(=O)C(C)C)cc1. The van der Waals surface area contributed by atoms with E-state index in [9.17, 15) is 16.8 Å². The molecule has 0 heterocycles. The summed E-state index contributed by atoms with van der Waals surface area (Å²) in [7, 11) is -6.93. The van der Waals surface area contributed by atoms with Gasteiger partial charge in [-0.3, -0.25) is 0 Å². The number of alkyl halides is 1. The number of rotatable bonds is 10. The van der Waals surface area contributed by atoms with Gasteiger partial charge in [-0.15, -0.1) is 0 Å². The molecule has 172 valence electrons. The number of hydrogen-bond donors (Lipinski definition) is 2. The minimum absolute atomic E-state index is 0.133. The van der Waals surface area contributed by atoms with E-state index in [-0.39, 0.29) is 19.6 Å². The molecular formula is C20H33FN2O5S2. The van der Waals surface area contributed by atoms with Gasteiger partial charge in [0.2, 0.25) is 20.0 Å². The molecule has 1 aromatic rings. The average molecular weight is 465 g/mol. The van der Waals surface area contributed by atoms with Gasteiger partial charge in [0, 0.05) is 6.54 Å². The van der Waals surface area contributed by atoms with Crippen LogP contribution in [0, 0.1) is 0 Å². The number of benzene rings is 1. The third kappa shape index (κ3) is 6.15. The predicted octanol–water partition coefficient (Wildman–Crippen LogP) is 2.83. The third-order valence-electron chi connectivity index (χ3n) is 5.39. The first-order valence-electron chi connectivity index (χ1n) is 10.3. The normalized spacial score (nSPS) is 23.1. The van der Waals surface area contributed by atoms with Crippen molar-refractivity contribution in [3.63, 3.8) is 0 Å². The van der Waals surface area contributed by atoms with Gasteiger partial charge in [-0.2, -0.15) is 0 Å². The molecule has 0 radical (unpaired) electrons. The summed E-state index contributed by atoms with van der Waals surface area (Å²) in [5.74, 6) is 0.487. The van der Waals surface area contributed by atoms with Gasteiger partial charge in [0.25, 0.3) is 0 Å². The summed E-state index contributed by atoms with van der Waals surface area (Å²) in [6.07, 6.45) is 2.14. The molecule has 2 atom stereocenters. The number of ether oxygens (including phenoxy) is 1. The van der Waals surface area contributed by atoms with Crippen molar-refractivity contribution >= 4 is 20.0 Å². The highest BCUT2D eigenvalue weighted by molar-refractivity contribution is 7.90. The Hall–Kier alpha value is -1.23. The highest BCUT2D eigenvalue weighted by Gasteiger charge is 2.44. The van der Waals surface area contributed by atoms with Crippen molar-refractivity contribution in [2.24, 2.45) is 0 Å². The number of halogens is 1. The first-order chi connectivity index (χ1) is 13.9. The Morgan fingerprint density at radius 2 is 1.63 bits per heavy atom. The minimum atomic E-state index is -3.59. The second-order valence-corrected chi connectivity index (χ2v) is 12.8. The summed E-state index contributed by atoms with van der Waals surface area (Å²) in [5, 5.41) is -1.15. The Morgan fingerprint density at radius 1 is 1.03 bits per heavy atom. The van der Waals surface area contributed by atoms with E-state index in [2.05, 4.69) is 9.44 Å². The van der Waals surface area contributed by atoms with Crippen LogP contribution in [0.3, 0.4) is 0 Å². The Morgan fingerprint density at radius 3 is 2.20 bits per heavy atom. The Bertz CT molecular complexity index is 902. The number of sulfonamides is 2. The second kappa shape index (κ2) is 9.93. The van der Waals surface area contributed by atoms with Crippen LogP contribution in [0.2, 0.25) is 0 Å². The molecule has 10 heteroatoms. The van der Waals surface area contributed by atoms with Crippen molar-refractivity contribution in [2.75, 3.05) is 13.2 Å². The van der Waals surface area contributed by atoms with Crippen LogP contribution in [0.25, 0.3) is 0 Å². The van der Waals surface area contributed by atoms with Crippen LogP contribution in [0.15, 0.2) is 24.3 Å². The van der Waals surface area contributed by atoms with E-state index in [0.717, 1.165) is 6.42 Å². The van der Waals surface area contributed by atoms with Gasteiger partial charge in [0.1, 0.15) is 12.4 Å². The number of hydrogen-bond acceptors (Lipinski definition) is 5. The lowest BCUT2D eigenvalue weighted by atomic mass is 9.77. The Balaban J connectivity index is 2.04. The van der Waals surface area contributed by atoms with E-state index >= 15 is 4.39 Å². The Labute approximate surface area is 179 Å². The maximum absolute atomic E-state index is 16.0. The molecule has 0 amide bonds. The molecular weight excluding hydrogens is 431 g/mol. The van der Waals surface area contributed by atoms with Gasteiger partial charge in [0.05, 0.1) is 16.5 Å². The van der Waals surface area contributed by atoms with E-state index in [4.69, 9.17) is 4.74 Å². The molecule has 0 bridgehead atoms. The fourth-order valence-corrected chi connectivity index (χ4v) is 4.99. The van der Waals surface area contributed by atoms with Crippen LogP contribution >= 0.6 is 0 Å². The Kier molecular flexibility index (Phi) is 8.29. The molecule has 1 aliphatic carbocycles. The molecule has 1 fully saturated rings. The van der Waals surface area contributed by atoms with Crippen molar-refractivity contribution < 1.29 is 26.0 Å². The van der Waals surface area contributed by atoms with Crippen molar-refractivity contribution in [1.82, 2.24) is 9.44 Å². The summed E-state index contributed by atoms with van der Waals surface area (Å²) in [4.78, 5) is 0. The molecule has 1 aliphatic rings. The van der Waals surface area contributed by atoms with Crippen LogP contribution in [0.4, 0.5) is 4.39 Å². The monoisotopic (exact) mass is 464 g/mol. The van der Waals surface area contributed by atoms with E-state index < -0.39 is 42.3 Å². The van der Waals surface area contributed by atoms with Crippen molar-refractivity contribution in [1.29, 1.82) is 0 Å². The summed E-state index contributed by atoms with van der Waals surface area (Å²) in [5.41, 5.74) is -1.38. The lowest BCUT2D eigenvalue weighted by molar-refractivity contribution is 0.0712. The molecule has 7 nitrogen and oxygen atoms in total. The zero-order valence-electron chi connectivity index (χ0n) is 18.0. The molecule has 0 aliphatic heterocycles. The van der Waals surface area contributed by atoms with Crippen molar-refractivity contribution in [3.8, 4) is 5.75 Å². The highest BCUT2D eigenvalue weighted by atomic mass is 32.2. The molecule has 30 heavy (non-hydrogen) atoms. The first kappa shape index (κ1) is 25.0. The quantitative estimate of drug-likeness (QED) is 0.519. The van der Waals surface area contributed by atoms with E-state index in [1.54, 1.807) is 52.0 Å². The fraction of sp³-hybridized carbons (Fsp3) is 0.700. The maximum Gasteiger partial charge on any atom is 0.214 e. The van der Waals surface area contributed by atoms with Gasteiger partial charge in [0.15, 0.2) is 5.67 Å². The predicted molar refractivity (Wildman–Crippen MR) is 116 cm³/mol. The molecule has 0 saturated heterocycles. The zero-order valence-corrected chi connectivity index (χ0v) is 19.7. The van der Waals surface area contributed by atoms with Crippen molar-refractivity contribution in [2.45, 2.75) is 75.6 Å². The van der Waals surface area contributed by atoms with Gasteiger partial charge in [-0.25, -0.2) is 30.7 Å². The topological polar surface area (TPSA) is 102 Å². The summed E-state index contributed by atoms with van der Waals surface area (Å²) in [6.45, 7) is 6.59. The third-order valence-corrected chi connectivity index (χ3v) is 9.09. The molecule has 0 spiro atoms. The van der Waals surface area contributed by atoms with Gasteiger partial charge >= 0.3 is 0 Å². The minimum Gasteiger partial charge on any atom is -0.492 e. The molecule has 2 rings (SSSR count). The van der Waals surface area contributed by atoms with Gasteiger partial charge < -0.3 is 4.74 Å². The zero-order chi connectivity index (χ0) is 22.6. The lowest BCUT2D eigenvalue weighted by Crippen LogP contribution is -2.51. The van der Waals surface area contributed by atoms with E-state index in [1.807, 2.05) is 0 Å². The van der Waals surface area contributed by atoms with E-state index in [0.29, 0.717) is 24.2 Å². The standard InChI is InChI=1S/C20H33FN2O5S2/c1-15(2)29(24,25)22-13-14-28-18-10-8-17(9-11-18)20(21)12-6-5-7-19(20)23-30(26,27)16(3)4/h8-11,15-16,19,22-23H,5-7,12-14H2,1-4H3/t19-,20+/m0/s1. The van der Waals surface area contributed by atoms with Crippen LogP contribution in [0.1, 0.15) is 58.9 Å². The molecule has 0 aromatic heterocycles. The first-order valence-corrected chi connectivity index (χ1v) is 13.4.